The zero-order chi connectivity index (χ0) is 13.1. The monoisotopic (exact) mass is 242 g/mol. The van der Waals surface area contributed by atoms with Crippen molar-refractivity contribution < 1.29 is 0 Å². The molecule has 0 fully saturated rings. The van der Waals surface area contributed by atoms with Gasteiger partial charge in [-0.15, -0.1) is 0 Å². The molecule has 0 aliphatic rings. The highest BCUT2D eigenvalue weighted by Crippen LogP contribution is 2.19. The third kappa shape index (κ3) is 2.77. The van der Waals surface area contributed by atoms with Crippen LogP contribution in [0, 0.1) is 13.8 Å². The van der Waals surface area contributed by atoms with Gasteiger partial charge in [0.2, 0.25) is 5.95 Å². The molecule has 4 heteroatoms. The van der Waals surface area contributed by atoms with Crippen molar-refractivity contribution in [2.24, 2.45) is 0 Å². The molecule has 0 spiro atoms. The Morgan fingerprint density at radius 1 is 1.17 bits per heavy atom. The van der Waals surface area contributed by atoms with Crippen LogP contribution in [0.3, 0.4) is 0 Å². The van der Waals surface area contributed by atoms with E-state index in [0.717, 1.165) is 23.6 Å². The molecule has 2 rings (SSSR count). The van der Waals surface area contributed by atoms with Crippen LogP contribution >= 0.6 is 0 Å². The number of nitrogen functional groups attached to an aromatic ring is 1. The molecule has 0 atom stereocenters. The summed E-state index contributed by atoms with van der Waals surface area (Å²) in [5, 5.41) is 3.25. The second-order valence-electron chi connectivity index (χ2n) is 4.37. The van der Waals surface area contributed by atoms with E-state index < -0.39 is 0 Å². The largest absolute Gasteiger partial charge is 0.368 e. The molecule has 0 bridgehead atoms. The lowest BCUT2D eigenvalue weighted by atomic mass is 10.1. The summed E-state index contributed by atoms with van der Waals surface area (Å²) >= 11 is 0. The smallest absolute Gasteiger partial charge is 0.222 e. The summed E-state index contributed by atoms with van der Waals surface area (Å²) in [5.41, 5.74) is 10.1. The zero-order valence-corrected chi connectivity index (χ0v) is 11.0. The van der Waals surface area contributed by atoms with Crippen LogP contribution in [0.5, 0.6) is 0 Å². The first-order valence-corrected chi connectivity index (χ1v) is 6.06. The van der Waals surface area contributed by atoms with Gasteiger partial charge in [0.1, 0.15) is 5.82 Å². The maximum atomic E-state index is 5.63. The average molecular weight is 242 g/mol. The number of nitrogens with two attached hydrogens (primary N) is 1. The first-order chi connectivity index (χ1) is 8.58. The van der Waals surface area contributed by atoms with Crippen molar-refractivity contribution in [1.29, 1.82) is 0 Å². The molecule has 1 aromatic carbocycles. The van der Waals surface area contributed by atoms with E-state index in [1.54, 1.807) is 0 Å². The molecular weight excluding hydrogens is 224 g/mol. The quantitative estimate of drug-likeness (QED) is 0.868. The molecule has 1 heterocycles. The normalized spacial score (nSPS) is 10.4. The summed E-state index contributed by atoms with van der Waals surface area (Å²) in [4.78, 5) is 8.20. The van der Waals surface area contributed by atoms with Gasteiger partial charge in [0.25, 0.3) is 0 Å². The summed E-state index contributed by atoms with van der Waals surface area (Å²) < 4.78 is 0. The Hall–Kier alpha value is -2.10. The second kappa shape index (κ2) is 5.04. The molecule has 0 amide bonds. The molecule has 0 saturated carbocycles. The van der Waals surface area contributed by atoms with Crippen molar-refractivity contribution in [2.45, 2.75) is 27.2 Å². The van der Waals surface area contributed by atoms with Crippen LogP contribution in [0.15, 0.2) is 24.3 Å². The van der Waals surface area contributed by atoms with Gasteiger partial charge in [-0.2, -0.15) is 4.98 Å². The number of aryl methyl sites for hydroxylation is 3. The van der Waals surface area contributed by atoms with Crippen molar-refractivity contribution in [3.8, 4) is 0 Å². The Morgan fingerprint density at radius 3 is 2.56 bits per heavy atom. The van der Waals surface area contributed by atoms with Crippen LogP contribution in [0.2, 0.25) is 0 Å². The fraction of sp³-hybridized carbons (Fsp3) is 0.286. The van der Waals surface area contributed by atoms with Crippen LogP contribution in [-0.2, 0) is 6.42 Å². The molecule has 3 N–H and O–H groups in total. The van der Waals surface area contributed by atoms with E-state index in [1.165, 1.54) is 11.1 Å². The van der Waals surface area contributed by atoms with Gasteiger partial charge in [0.15, 0.2) is 0 Å². The van der Waals surface area contributed by atoms with Crippen LogP contribution in [0.1, 0.15) is 23.7 Å². The lowest BCUT2D eigenvalue weighted by Crippen LogP contribution is -2.01. The number of anilines is 3. The van der Waals surface area contributed by atoms with Crippen LogP contribution in [0.25, 0.3) is 0 Å². The SMILES string of the molecule is CCc1ccc(Nc2cc(C)nc(N)n2)cc1C. The van der Waals surface area contributed by atoms with Gasteiger partial charge < -0.3 is 11.1 Å². The Balaban J connectivity index is 2.25. The first-order valence-electron chi connectivity index (χ1n) is 6.06. The number of rotatable bonds is 3. The molecule has 2 aromatic rings. The maximum absolute atomic E-state index is 5.63. The minimum Gasteiger partial charge on any atom is -0.368 e. The number of hydrogen-bond donors (Lipinski definition) is 2. The summed E-state index contributed by atoms with van der Waals surface area (Å²) in [5.74, 6) is 1.02. The molecule has 0 radical (unpaired) electrons. The molecule has 94 valence electrons. The van der Waals surface area contributed by atoms with E-state index in [-0.39, 0.29) is 0 Å². The average Bonchev–Trinajstić information content (AvgIpc) is 2.27. The van der Waals surface area contributed by atoms with Gasteiger partial charge in [-0.1, -0.05) is 13.0 Å². The highest BCUT2D eigenvalue weighted by molar-refractivity contribution is 5.59. The predicted molar refractivity (Wildman–Crippen MR) is 75.0 cm³/mol. The Morgan fingerprint density at radius 2 is 1.94 bits per heavy atom. The fourth-order valence-electron chi connectivity index (χ4n) is 1.97. The van der Waals surface area contributed by atoms with Crippen molar-refractivity contribution in [3.05, 3.63) is 41.1 Å². The summed E-state index contributed by atoms with van der Waals surface area (Å²) in [6.45, 7) is 6.17. The predicted octanol–water partition coefficient (Wildman–Crippen LogP) is 2.98. The standard InChI is InChI=1S/C14H18N4/c1-4-11-5-6-12(7-9(11)2)17-13-8-10(3)16-14(15)18-13/h5-8H,4H2,1-3H3,(H3,15,16,17,18). The van der Waals surface area contributed by atoms with E-state index >= 15 is 0 Å². The molecule has 0 aliphatic heterocycles. The van der Waals surface area contributed by atoms with Crippen LogP contribution in [0.4, 0.5) is 17.5 Å². The van der Waals surface area contributed by atoms with Gasteiger partial charge in [-0.3, -0.25) is 0 Å². The number of nitrogens with zero attached hydrogens (tertiary/aromatic N) is 2. The zero-order valence-electron chi connectivity index (χ0n) is 11.0. The Labute approximate surface area is 107 Å². The van der Waals surface area contributed by atoms with E-state index in [4.69, 9.17) is 5.73 Å². The third-order valence-electron chi connectivity index (χ3n) is 2.87. The highest BCUT2D eigenvalue weighted by atomic mass is 15.1. The minimum absolute atomic E-state index is 0.291. The van der Waals surface area contributed by atoms with Gasteiger partial charge >= 0.3 is 0 Å². The van der Waals surface area contributed by atoms with Crippen LogP contribution < -0.4 is 11.1 Å². The van der Waals surface area contributed by atoms with E-state index in [1.807, 2.05) is 13.0 Å². The van der Waals surface area contributed by atoms with Crippen LogP contribution in [-0.4, -0.2) is 9.97 Å². The third-order valence-corrected chi connectivity index (χ3v) is 2.87. The molecule has 0 aliphatic carbocycles. The Bertz CT molecular complexity index is 543. The van der Waals surface area contributed by atoms with Gasteiger partial charge in [-0.05, 0) is 43.5 Å². The van der Waals surface area contributed by atoms with Crippen molar-refractivity contribution in [2.75, 3.05) is 11.1 Å². The van der Waals surface area contributed by atoms with Gasteiger partial charge in [0, 0.05) is 17.4 Å². The first kappa shape index (κ1) is 12.4. The van der Waals surface area contributed by atoms with E-state index in [9.17, 15) is 0 Å². The summed E-state index contributed by atoms with van der Waals surface area (Å²) in [6.07, 6.45) is 1.05. The molecule has 0 unspecified atom stereocenters. The lowest BCUT2D eigenvalue weighted by Gasteiger charge is -2.09. The number of aromatic nitrogens is 2. The molecule has 1 aromatic heterocycles. The van der Waals surface area contributed by atoms with Crippen molar-refractivity contribution in [1.82, 2.24) is 9.97 Å². The minimum atomic E-state index is 0.291. The van der Waals surface area contributed by atoms with Crippen molar-refractivity contribution in [3.63, 3.8) is 0 Å². The molecule has 4 nitrogen and oxygen atoms in total. The summed E-state index contributed by atoms with van der Waals surface area (Å²) in [6, 6.07) is 8.18. The maximum Gasteiger partial charge on any atom is 0.222 e. The van der Waals surface area contributed by atoms with Gasteiger partial charge in [-0.25, -0.2) is 4.98 Å². The second-order valence-corrected chi connectivity index (χ2v) is 4.37. The lowest BCUT2D eigenvalue weighted by molar-refractivity contribution is 1.10. The topological polar surface area (TPSA) is 63.8 Å². The highest BCUT2D eigenvalue weighted by Gasteiger charge is 2.02. The molecular formula is C14H18N4. The van der Waals surface area contributed by atoms with E-state index in [2.05, 4.69) is 47.3 Å². The molecule has 0 saturated heterocycles. The van der Waals surface area contributed by atoms with E-state index in [0.29, 0.717) is 5.95 Å². The summed E-state index contributed by atoms with van der Waals surface area (Å²) in [7, 11) is 0. The van der Waals surface area contributed by atoms with Gasteiger partial charge in [0.05, 0.1) is 0 Å². The number of hydrogen-bond acceptors (Lipinski definition) is 4. The fourth-order valence-corrected chi connectivity index (χ4v) is 1.97. The Kier molecular flexibility index (Phi) is 3.46. The molecule has 18 heavy (non-hydrogen) atoms. The number of nitrogens with one attached hydrogen (secondary N) is 1. The van der Waals surface area contributed by atoms with Crippen molar-refractivity contribution >= 4 is 17.5 Å². The number of benzene rings is 1.